The summed E-state index contributed by atoms with van der Waals surface area (Å²) in [7, 11) is 0. The van der Waals surface area contributed by atoms with Crippen LogP contribution in [0.4, 0.5) is 24.5 Å². The predicted octanol–water partition coefficient (Wildman–Crippen LogP) is 2.81. The average molecular weight is 285 g/mol. The van der Waals surface area contributed by atoms with E-state index in [4.69, 9.17) is 5.73 Å². The van der Waals surface area contributed by atoms with Crippen molar-refractivity contribution in [2.24, 2.45) is 0 Å². The maximum Gasteiger partial charge on any atom is 0.411 e. The number of pyridine rings is 1. The first-order chi connectivity index (χ1) is 9.47. The van der Waals surface area contributed by atoms with Gasteiger partial charge in [-0.05, 0) is 24.3 Å². The molecule has 0 radical (unpaired) electrons. The topological polar surface area (TPSA) is 60.2 Å². The highest BCUT2D eigenvalue weighted by Crippen LogP contribution is 2.27. The molecule has 4 nitrogen and oxygen atoms in total. The van der Waals surface area contributed by atoms with Gasteiger partial charge in [0.15, 0.2) is 0 Å². The minimum absolute atomic E-state index is 0.0516. The number of rotatable bonds is 5. The molecule has 20 heavy (non-hydrogen) atoms. The molecule has 1 aromatic heterocycles. The lowest BCUT2D eigenvalue weighted by Crippen LogP contribution is -2.20. The minimum Gasteiger partial charge on any atom is -0.397 e. The Kier molecular flexibility index (Phi) is 4.29. The van der Waals surface area contributed by atoms with Crippen molar-refractivity contribution in [1.82, 2.24) is 4.98 Å². The van der Waals surface area contributed by atoms with E-state index < -0.39 is 12.8 Å². The number of benzene rings is 1. The van der Waals surface area contributed by atoms with Crippen LogP contribution >= 0.6 is 0 Å². The lowest BCUT2D eigenvalue weighted by molar-refractivity contribution is -0.172. The summed E-state index contributed by atoms with van der Waals surface area (Å²) < 4.78 is 40.1. The lowest BCUT2D eigenvalue weighted by Gasteiger charge is -2.12. The van der Waals surface area contributed by atoms with Gasteiger partial charge in [-0.3, -0.25) is 4.98 Å². The number of nitrogens with one attached hydrogen (secondary N) is 1. The molecule has 0 aliphatic carbocycles. The normalized spacial score (nSPS) is 11.8. The number of anilines is 2. The molecule has 0 bridgehead atoms. The summed E-state index contributed by atoms with van der Waals surface area (Å²) in [4.78, 5) is 4.16. The Morgan fingerprint density at radius 1 is 1.25 bits per heavy atom. The second-order valence-electron chi connectivity index (χ2n) is 4.19. The average Bonchev–Trinajstić information content (AvgIpc) is 2.40. The standard InChI is InChI=1S/C13H14F3N3O/c14-13(15,16)8-20-7-6-19-11-4-3-10-9(12(11)17)2-1-5-18-10/h1-5,19H,6-8,17H2. The lowest BCUT2D eigenvalue weighted by atomic mass is 10.1. The molecule has 1 aromatic carbocycles. The molecule has 0 unspecified atom stereocenters. The number of nitrogens with zero attached hydrogens (tertiary/aromatic N) is 1. The highest BCUT2D eigenvalue weighted by molar-refractivity contribution is 5.96. The summed E-state index contributed by atoms with van der Waals surface area (Å²) >= 11 is 0. The van der Waals surface area contributed by atoms with Gasteiger partial charge in [0.05, 0.1) is 23.5 Å². The van der Waals surface area contributed by atoms with E-state index in [9.17, 15) is 13.2 Å². The van der Waals surface area contributed by atoms with Crippen molar-refractivity contribution in [3.8, 4) is 0 Å². The Morgan fingerprint density at radius 3 is 2.80 bits per heavy atom. The maximum absolute atomic E-state index is 11.9. The summed E-state index contributed by atoms with van der Waals surface area (Å²) in [5, 5.41) is 3.75. The van der Waals surface area contributed by atoms with Crippen LogP contribution < -0.4 is 11.1 Å². The van der Waals surface area contributed by atoms with Gasteiger partial charge in [0.2, 0.25) is 0 Å². The van der Waals surface area contributed by atoms with Crippen LogP contribution in [0.25, 0.3) is 10.9 Å². The summed E-state index contributed by atoms with van der Waals surface area (Å²) in [6, 6.07) is 7.15. The van der Waals surface area contributed by atoms with E-state index in [2.05, 4.69) is 15.0 Å². The van der Waals surface area contributed by atoms with Crippen molar-refractivity contribution in [2.45, 2.75) is 6.18 Å². The third kappa shape index (κ3) is 3.74. The second-order valence-corrected chi connectivity index (χ2v) is 4.19. The summed E-state index contributed by atoms with van der Waals surface area (Å²) in [6.07, 6.45) is -2.63. The fourth-order valence-corrected chi connectivity index (χ4v) is 1.78. The van der Waals surface area contributed by atoms with E-state index >= 15 is 0 Å². The van der Waals surface area contributed by atoms with E-state index in [1.54, 1.807) is 24.4 Å². The van der Waals surface area contributed by atoms with E-state index in [-0.39, 0.29) is 13.2 Å². The Bertz CT molecular complexity index is 587. The first kappa shape index (κ1) is 14.4. The van der Waals surface area contributed by atoms with Gasteiger partial charge in [0, 0.05) is 18.1 Å². The van der Waals surface area contributed by atoms with Gasteiger partial charge >= 0.3 is 6.18 Å². The third-order valence-electron chi connectivity index (χ3n) is 2.65. The number of alkyl halides is 3. The van der Waals surface area contributed by atoms with Crippen LogP contribution in [0.1, 0.15) is 0 Å². The van der Waals surface area contributed by atoms with Crippen LogP contribution in [0.5, 0.6) is 0 Å². The molecule has 2 rings (SSSR count). The summed E-state index contributed by atoms with van der Waals surface area (Å²) in [5.41, 5.74) is 7.92. The number of aromatic nitrogens is 1. The molecule has 2 aromatic rings. The molecular formula is C13H14F3N3O. The number of hydrogen-bond donors (Lipinski definition) is 2. The zero-order valence-electron chi connectivity index (χ0n) is 10.6. The van der Waals surface area contributed by atoms with Crippen LogP contribution in [0.3, 0.4) is 0 Å². The molecule has 0 saturated carbocycles. The van der Waals surface area contributed by atoms with Crippen LogP contribution in [0.2, 0.25) is 0 Å². The van der Waals surface area contributed by atoms with Gasteiger partial charge in [-0.25, -0.2) is 0 Å². The molecular weight excluding hydrogens is 271 g/mol. The number of nitrogens with two attached hydrogens (primary N) is 1. The van der Waals surface area contributed by atoms with Crippen molar-refractivity contribution >= 4 is 22.3 Å². The Hall–Kier alpha value is -2.02. The zero-order chi connectivity index (χ0) is 14.6. The van der Waals surface area contributed by atoms with Crippen LogP contribution in [-0.4, -0.2) is 30.9 Å². The van der Waals surface area contributed by atoms with Crippen molar-refractivity contribution in [2.75, 3.05) is 30.8 Å². The first-order valence-electron chi connectivity index (χ1n) is 5.99. The first-order valence-corrected chi connectivity index (χ1v) is 5.99. The zero-order valence-corrected chi connectivity index (χ0v) is 10.6. The molecule has 0 saturated heterocycles. The third-order valence-corrected chi connectivity index (χ3v) is 2.65. The van der Waals surface area contributed by atoms with Crippen molar-refractivity contribution < 1.29 is 17.9 Å². The molecule has 0 atom stereocenters. The monoisotopic (exact) mass is 285 g/mol. The fourth-order valence-electron chi connectivity index (χ4n) is 1.78. The molecule has 1 heterocycles. The van der Waals surface area contributed by atoms with E-state index in [1.807, 2.05) is 6.07 Å². The largest absolute Gasteiger partial charge is 0.411 e. The second kappa shape index (κ2) is 5.96. The number of nitrogen functional groups attached to an aromatic ring is 1. The molecule has 7 heteroatoms. The van der Waals surface area contributed by atoms with E-state index in [1.165, 1.54) is 0 Å². The van der Waals surface area contributed by atoms with Gasteiger partial charge in [-0.15, -0.1) is 0 Å². The molecule has 3 N–H and O–H groups in total. The summed E-state index contributed by atoms with van der Waals surface area (Å²) in [5.74, 6) is 0. The van der Waals surface area contributed by atoms with E-state index in [0.29, 0.717) is 11.4 Å². The molecule has 0 aliphatic heterocycles. The molecule has 0 fully saturated rings. The van der Waals surface area contributed by atoms with Crippen molar-refractivity contribution in [1.29, 1.82) is 0 Å². The molecule has 0 aliphatic rings. The Labute approximate surface area is 113 Å². The Balaban J connectivity index is 1.92. The fraction of sp³-hybridized carbons (Fsp3) is 0.308. The highest BCUT2D eigenvalue weighted by atomic mass is 19.4. The molecule has 0 amide bonds. The van der Waals surface area contributed by atoms with Gasteiger partial charge in [-0.1, -0.05) is 0 Å². The van der Waals surface area contributed by atoms with Crippen LogP contribution in [0.15, 0.2) is 30.5 Å². The van der Waals surface area contributed by atoms with Gasteiger partial charge < -0.3 is 15.8 Å². The Morgan fingerprint density at radius 2 is 2.05 bits per heavy atom. The number of fused-ring (bicyclic) bond motifs is 1. The van der Waals surface area contributed by atoms with E-state index in [0.717, 1.165) is 10.9 Å². The van der Waals surface area contributed by atoms with Crippen LogP contribution in [-0.2, 0) is 4.74 Å². The molecule has 0 spiro atoms. The molecule has 108 valence electrons. The number of ether oxygens (including phenoxy) is 1. The van der Waals surface area contributed by atoms with Gasteiger partial charge in [0.25, 0.3) is 0 Å². The highest BCUT2D eigenvalue weighted by Gasteiger charge is 2.27. The van der Waals surface area contributed by atoms with Crippen molar-refractivity contribution in [3.05, 3.63) is 30.5 Å². The number of hydrogen-bond acceptors (Lipinski definition) is 4. The quantitative estimate of drug-likeness (QED) is 0.655. The summed E-state index contributed by atoms with van der Waals surface area (Å²) in [6.45, 7) is -1.05. The smallest absolute Gasteiger partial charge is 0.397 e. The maximum atomic E-state index is 11.9. The SMILES string of the molecule is Nc1c(NCCOCC(F)(F)F)ccc2ncccc12. The van der Waals surface area contributed by atoms with Gasteiger partial charge in [0.1, 0.15) is 6.61 Å². The predicted molar refractivity (Wildman–Crippen MR) is 71.5 cm³/mol. The van der Waals surface area contributed by atoms with Crippen LogP contribution in [0, 0.1) is 0 Å². The number of halogens is 3. The van der Waals surface area contributed by atoms with Crippen molar-refractivity contribution in [3.63, 3.8) is 0 Å². The van der Waals surface area contributed by atoms with Gasteiger partial charge in [-0.2, -0.15) is 13.2 Å². The minimum atomic E-state index is -4.30.